The van der Waals surface area contributed by atoms with Crippen molar-refractivity contribution in [3.8, 4) is 17.0 Å². The Bertz CT molecular complexity index is 1010. The van der Waals surface area contributed by atoms with Gasteiger partial charge in [0.25, 0.3) is 0 Å². The molecule has 3 N–H and O–H groups in total. The highest BCUT2D eigenvalue weighted by atomic mass is 16.5. The zero-order valence-electron chi connectivity index (χ0n) is 17.2. The predicted molar refractivity (Wildman–Crippen MR) is 112 cm³/mol. The van der Waals surface area contributed by atoms with Crippen molar-refractivity contribution in [2.45, 2.75) is 38.1 Å². The summed E-state index contributed by atoms with van der Waals surface area (Å²) < 4.78 is 11.4. The van der Waals surface area contributed by atoms with Crippen LogP contribution >= 0.6 is 0 Å². The lowest BCUT2D eigenvalue weighted by atomic mass is 9.87. The molecule has 4 heterocycles. The fourth-order valence-electron chi connectivity index (χ4n) is 5.21. The minimum absolute atomic E-state index is 0.0801. The van der Waals surface area contributed by atoms with Crippen LogP contribution in [-0.4, -0.2) is 60.1 Å². The number of piperidine rings is 1. The van der Waals surface area contributed by atoms with E-state index in [1.54, 1.807) is 13.3 Å². The molecule has 3 atom stereocenters. The SMILES string of the molecule is COc1ncc(C)cc1-c1cc2c3c(c1)[C@@H]1CN(C(=O)O)CC[C@@H]1N3C(N)COC2. The number of likely N-dealkylation sites (tertiary alicyclic amines) is 1. The van der Waals surface area contributed by atoms with Gasteiger partial charge in [0.1, 0.15) is 6.17 Å². The van der Waals surface area contributed by atoms with E-state index in [0.717, 1.165) is 39.9 Å². The van der Waals surface area contributed by atoms with E-state index < -0.39 is 6.09 Å². The monoisotopic (exact) mass is 410 g/mol. The van der Waals surface area contributed by atoms with Gasteiger partial charge >= 0.3 is 6.09 Å². The van der Waals surface area contributed by atoms with Crippen molar-refractivity contribution < 1.29 is 19.4 Å². The molecule has 158 valence electrons. The van der Waals surface area contributed by atoms with Crippen molar-refractivity contribution in [1.82, 2.24) is 9.88 Å². The number of hydrogen-bond donors (Lipinski definition) is 2. The molecule has 3 aliphatic rings. The van der Waals surface area contributed by atoms with Crippen molar-refractivity contribution in [3.63, 3.8) is 0 Å². The third kappa shape index (κ3) is 2.90. The molecule has 2 aromatic rings. The van der Waals surface area contributed by atoms with Gasteiger partial charge in [-0.1, -0.05) is 0 Å². The second-order valence-corrected chi connectivity index (χ2v) is 8.32. The smallest absolute Gasteiger partial charge is 0.407 e. The normalized spacial score (nSPS) is 24.8. The van der Waals surface area contributed by atoms with Gasteiger partial charge in [0.05, 0.1) is 20.3 Å². The molecule has 1 aromatic heterocycles. The number of fused-ring (bicyclic) bond motifs is 3. The van der Waals surface area contributed by atoms with Crippen molar-refractivity contribution in [1.29, 1.82) is 0 Å². The Morgan fingerprint density at radius 1 is 1.37 bits per heavy atom. The van der Waals surface area contributed by atoms with Crippen LogP contribution in [0, 0.1) is 6.92 Å². The largest absolute Gasteiger partial charge is 0.481 e. The summed E-state index contributed by atoms with van der Waals surface area (Å²) in [6.45, 7) is 3.92. The van der Waals surface area contributed by atoms with Crippen molar-refractivity contribution in [2.24, 2.45) is 5.73 Å². The molecule has 8 nitrogen and oxygen atoms in total. The summed E-state index contributed by atoms with van der Waals surface area (Å²) in [5.74, 6) is 0.651. The summed E-state index contributed by atoms with van der Waals surface area (Å²) in [5.41, 5.74) is 12.8. The number of ether oxygens (including phenoxy) is 2. The number of aryl methyl sites for hydroxylation is 1. The van der Waals surface area contributed by atoms with Gasteiger partial charge in [0.15, 0.2) is 0 Å². The predicted octanol–water partition coefficient (Wildman–Crippen LogP) is 2.54. The van der Waals surface area contributed by atoms with Crippen LogP contribution in [0.25, 0.3) is 11.1 Å². The first-order valence-electron chi connectivity index (χ1n) is 10.2. The summed E-state index contributed by atoms with van der Waals surface area (Å²) in [6.07, 6.45) is 1.44. The van der Waals surface area contributed by atoms with Crippen molar-refractivity contribution in [2.75, 3.05) is 31.7 Å². The van der Waals surface area contributed by atoms with E-state index in [9.17, 15) is 9.90 Å². The third-order valence-electron chi connectivity index (χ3n) is 6.48. The number of hydrogen-bond acceptors (Lipinski definition) is 6. The van der Waals surface area contributed by atoms with Crippen LogP contribution in [0.5, 0.6) is 5.88 Å². The van der Waals surface area contributed by atoms with Crippen LogP contribution in [-0.2, 0) is 11.3 Å². The lowest BCUT2D eigenvalue weighted by molar-refractivity contribution is 0.105. The van der Waals surface area contributed by atoms with E-state index in [0.29, 0.717) is 32.2 Å². The molecular formula is C22H26N4O4. The van der Waals surface area contributed by atoms with Gasteiger partial charge in [-0.05, 0) is 48.2 Å². The number of methoxy groups -OCH3 is 1. The summed E-state index contributed by atoms with van der Waals surface area (Å²) in [4.78, 5) is 19.9. The van der Waals surface area contributed by atoms with Gasteiger partial charge in [-0.25, -0.2) is 9.78 Å². The van der Waals surface area contributed by atoms with E-state index in [-0.39, 0.29) is 18.1 Å². The Balaban J connectivity index is 1.68. The first-order valence-corrected chi connectivity index (χ1v) is 10.2. The Morgan fingerprint density at radius 2 is 2.20 bits per heavy atom. The van der Waals surface area contributed by atoms with Gasteiger partial charge < -0.3 is 30.1 Å². The van der Waals surface area contributed by atoms with Crippen LogP contribution in [0.1, 0.15) is 29.0 Å². The van der Waals surface area contributed by atoms with Crippen LogP contribution in [0.2, 0.25) is 0 Å². The molecule has 3 aliphatic heterocycles. The summed E-state index contributed by atoms with van der Waals surface area (Å²) >= 11 is 0. The standard InChI is InChI=1S/C22H26N4O4/c1-12-5-15(21(29-2)24-8-12)13-6-14-10-30-11-19(23)26-18-3-4-25(22(27)28)9-17(18)16(7-13)20(14)26/h5-8,17-19H,3-4,9-11,23H2,1-2H3,(H,27,28)/t17-,18-,19?/m0/s1. The molecule has 0 saturated carbocycles. The van der Waals surface area contributed by atoms with Crippen molar-refractivity contribution >= 4 is 11.8 Å². The van der Waals surface area contributed by atoms with Crippen LogP contribution in [0.15, 0.2) is 24.4 Å². The zero-order valence-corrected chi connectivity index (χ0v) is 17.2. The molecule has 0 bridgehead atoms. The molecule has 1 amide bonds. The molecule has 1 aromatic carbocycles. The number of pyridine rings is 1. The van der Waals surface area contributed by atoms with Gasteiger partial charge in [-0.3, -0.25) is 0 Å². The third-order valence-corrected chi connectivity index (χ3v) is 6.48. The fourth-order valence-corrected chi connectivity index (χ4v) is 5.21. The number of rotatable bonds is 2. The molecule has 1 fully saturated rings. The molecule has 1 saturated heterocycles. The quantitative estimate of drug-likeness (QED) is 0.784. The Morgan fingerprint density at radius 3 is 2.97 bits per heavy atom. The van der Waals surface area contributed by atoms with Gasteiger partial charge in [-0.2, -0.15) is 0 Å². The number of aromatic nitrogens is 1. The molecule has 5 rings (SSSR count). The molecule has 8 heteroatoms. The zero-order chi connectivity index (χ0) is 21.0. The molecular weight excluding hydrogens is 384 g/mol. The number of benzene rings is 1. The highest BCUT2D eigenvalue weighted by Crippen LogP contribution is 2.50. The van der Waals surface area contributed by atoms with Crippen LogP contribution in [0.4, 0.5) is 10.5 Å². The van der Waals surface area contributed by atoms with Gasteiger partial charge in [0, 0.05) is 48.1 Å². The van der Waals surface area contributed by atoms with Gasteiger partial charge in [-0.15, -0.1) is 0 Å². The number of nitrogens with zero attached hydrogens (tertiary/aromatic N) is 3. The average molecular weight is 410 g/mol. The average Bonchev–Trinajstić information content (AvgIpc) is 2.97. The van der Waals surface area contributed by atoms with Crippen molar-refractivity contribution in [3.05, 3.63) is 41.1 Å². The highest BCUT2D eigenvalue weighted by molar-refractivity contribution is 5.78. The number of amides is 1. The lowest BCUT2D eigenvalue weighted by Gasteiger charge is -2.39. The number of carboxylic acid groups (broad SMARTS) is 1. The molecule has 1 unspecified atom stereocenters. The maximum Gasteiger partial charge on any atom is 0.407 e. The minimum Gasteiger partial charge on any atom is -0.481 e. The van der Waals surface area contributed by atoms with Crippen LogP contribution < -0.4 is 15.4 Å². The Kier molecular flexibility index (Phi) is 4.56. The number of anilines is 1. The molecule has 0 aliphatic carbocycles. The van der Waals surface area contributed by atoms with E-state index in [1.807, 2.05) is 6.92 Å². The Labute approximate surface area is 175 Å². The maximum atomic E-state index is 11.7. The fraction of sp³-hybridized carbons (Fsp3) is 0.455. The first-order chi connectivity index (χ1) is 14.5. The van der Waals surface area contributed by atoms with E-state index in [2.05, 4.69) is 28.1 Å². The first kappa shape index (κ1) is 19.1. The Hall–Kier alpha value is -2.84. The second-order valence-electron chi connectivity index (χ2n) is 8.32. The minimum atomic E-state index is -0.867. The van der Waals surface area contributed by atoms with E-state index in [4.69, 9.17) is 15.2 Å². The topological polar surface area (TPSA) is 101 Å². The molecule has 0 radical (unpaired) electrons. The molecule has 30 heavy (non-hydrogen) atoms. The summed E-state index contributed by atoms with van der Waals surface area (Å²) in [5, 5.41) is 9.57. The highest BCUT2D eigenvalue weighted by Gasteiger charge is 2.46. The molecule has 0 spiro atoms. The van der Waals surface area contributed by atoms with Crippen LogP contribution in [0.3, 0.4) is 0 Å². The number of nitrogens with two attached hydrogens (primary N) is 1. The summed E-state index contributed by atoms with van der Waals surface area (Å²) in [6, 6.07) is 6.55. The second kappa shape index (κ2) is 7.14. The van der Waals surface area contributed by atoms with E-state index in [1.165, 1.54) is 4.90 Å². The maximum absolute atomic E-state index is 11.7. The lowest BCUT2D eigenvalue weighted by Crippen LogP contribution is -2.54. The summed E-state index contributed by atoms with van der Waals surface area (Å²) in [7, 11) is 1.62. The van der Waals surface area contributed by atoms with E-state index >= 15 is 0 Å². The number of carbonyl (C=O) groups is 1. The van der Waals surface area contributed by atoms with Gasteiger partial charge in [0.2, 0.25) is 5.88 Å².